The first-order valence-electron chi connectivity index (χ1n) is 14.1. The van der Waals surface area contributed by atoms with Crippen LogP contribution in [-0.2, 0) is 4.79 Å². The van der Waals surface area contributed by atoms with Gasteiger partial charge in [-0.2, -0.15) is 13.2 Å². The van der Waals surface area contributed by atoms with E-state index in [1.165, 1.54) is 61.2 Å². The number of thioether (sulfide) groups is 1. The Labute approximate surface area is 252 Å². The number of Topliss-reactive ketones (excluding diaryl/α,β-unsaturated/α-hetero) is 2. The van der Waals surface area contributed by atoms with Crippen LogP contribution in [0.15, 0.2) is 77.7 Å². The number of hydrogen-bond acceptors (Lipinski definition) is 5. The predicted octanol–water partition coefficient (Wildman–Crippen LogP) is 7.79. The Hall–Kier alpha value is -3.92. The van der Waals surface area contributed by atoms with Gasteiger partial charge >= 0.3 is 11.5 Å². The molecule has 0 bridgehead atoms. The van der Waals surface area contributed by atoms with Gasteiger partial charge < -0.3 is 10.4 Å². The fourth-order valence-corrected chi connectivity index (χ4v) is 5.86. The van der Waals surface area contributed by atoms with Crippen LogP contribution in [0.1, 0.15) is 99.0 Å². The molecule has 0 aliphatic heterocycles. The third kappa shape index (κ3) is 9.28. The summed E-state index contributed by atoms with van der Waals surface area (Å²) in [6.45, 7) is -0.0390. The molecule has 226 valence electrons. The second kappa shape index (κ2) is 14.5. The molecule has 1 saturated carbocycles. The lowest BCUT2D eigenvalue weighted by Gasteiger charge is -2.22. The summed E-state index contributed by atoms with van der Waals surface area (Å²) in [5, 5.41) is 11.3. The number of ketones is 2. The van der Waals surface area contributed by atoms with E-state index in [4.69, 9.17) is 5.11 Å². The van der Waals surface area contributed by atoms with Crippen LogP contribution in [0.5, 0.6) is 0 Å². The number of hydrogen-bond donors (Lipinski definition) is 2. The summed E-state index contributed by atoms with van der Waals surface area (Å²) < 4.78 is 38.2. The first-order chi connectivity index (χ1) is 20.5. The third-order valence-corrected chi connectivity index (χ3v) is 8.33. The van der Waals surface area contributed by atoms with Crippen molar-refractivity contribution >= 4 is 35.2 Å². The zero-order valence-electron chi connectivity index (χ0n) is 23.4. The Morgan fingerprint density at radius 2 is 1.40 bits per heavy atom. The molecule has 1 fully saturated rings. The molecule has 1 aliphatic carbocycles. The van der Waals surface area contributed by atoms with Crippen molar-refractivity contribution in [2.45, 2.75) is 67.2 Å². The zero-order chi connectivity index (χ0) is 31.0. The number of carbonyl (C=O) groups excluding carboxylic acids is 3. The minimum absolute atomic E-state index is 0.0390. The largest absolute Gasteiger partial charge is 0.481 e. The Kier molecular flexibility index (Phi) is 10.8. The fraction of sp³-hybridized carbons (Fsp3) is 0.333. The first kappa shape index (κ1) is 32.0. The number of carboxylic acid groups (broad SMARTS) is 1. The van der Waals surface area contributed by atoms with Gasteiger partial charge in [0.15, 0.2) is 11.6 Å². The molecule has 0 saturated heterocycles. The molecule has 1 amide bonds. The second-order valence-corrected chi connectivity index (χ2v) is 11.7. The maximum atomic E-state index is 13.8. The number of halogens is 3. The lowest BCUT2D eigenvalue weighted by atomic mass is 9.82. The molecule has 1 atom stereocenters. The van der Waals surface area contributed by atoms with E-state index in [1.807, 2.05) is 12.1 Å². The van der Waals surface area contributed by atoms with Crippen LogP contribution in [0.3, 0.4) is 0 Å². The summed E-state index contributed by atoms with van der Waals surface area (Å²) in [7, 11) is 0. The van der Waals surface area contributed by atoms with Gasteiger partial charge in [0.1, 0.15) is 0 Å². The average Bonchev–Trinajstić information content (AvgIpc) is 2.99. The molecule has 2 N–H and O–H groups in total. The summed E-state index contributed by atoms with van der Waals surface area (Å²) in [5.74, 6) is -2.64. The molecule has 4 rings (SSSR count). The number of alkyl halides is 3. The van der Waals surface area contributed by atoms with Crippen molar-refractivity contribution in [2.24, 2.45) is 0 Å². The molecule has 6 nitrogen and oxygen atoms in total. The molecule has 0 heterocycles. The van der Waals surface area contributed by atoms with Gasteiger partial charge in [-0.15, -0.1) is 0 Å². The van der Waals surface area contributed by atoms with E-state index < -0.39 is 29.1 Å². The number of nitrogens with one attached hydrogen (secondary N) is 1. The van der Waals surface area contributed by atoms with Crippen molar-refractivity contribution in [1.29, 1.82) is 0 Å². The summed E-state index contributed by atoms with van der Waals surface area (Å²) in [6, 6.07) is 18.7. The van der Waals surface area contributed by atoms with Crippen LogP contribution in [-0.4, -0.2) is 40.6 Å². The summed E-state index contributed by atoms with van der Waals surface area (Å²) in [6.07, 6.45) is 5.37. The van der Waals surface area contributed by atoms with Crippen LogP contribution in [0.25, 0.3) is 0 Å². The molecule has 0 spiro atoms. The fourth-order valence-electron chi connectivity index (χ4n) is 5.32. The van der Waals surface area contributed by atoms with Gasteiger partial charge in [0.05, 0.1) is 12.3 Å². The van der Waals surface area contributed by atoms with Crippen LogP contribution in [0.4, 0.5) is 13.2 Å². The lowest BCUT2D eigenvalue weighted by Crippen LogP contribution is -2.26. The van der Waals surface area contributed by atoms with Crippen LogP contribution in [0.2, 0.25) is 0 Å². The monoisotopic (exact) mass is 611 g/mol. The number of benzene rings is 3. The van der Waals surface area contributed by atoms with Crippen LogP contribution in [0, 0.1) is 0 Å². The molecule has 1 unspecified atom stereocenters. The highest BCUT2D eigenvalue weighted by atomic mass is 32.2. The molecule has 3 aromatic rings. The number of amides is 1. The minimum Gasteiger partial charge on any atom is -0.481 e. The zero-order valence-corrected chi connectivity index (χ0v) is 24.2. The molecule has 43 heavy (non-hydrogen) atoms. The lowest BCUT2D eigenvalue weighted by molar-refractivity contribution is -0.136. The van der Waals surface area contributed by atoms with Crippen molar-refractivity contribution < 1.29 is 37.5 Å². The van der Waals surface area contributed by atoms with Crippen LogP contribution >= 0.6 is 11.8 Å². The van der Waals surface area contributed by atoms with Crippen molar-refractivity contribution in [3.63, 3.8) is 0 Å². The van der Waals surface area contributed by atoms with Crippen molar-refractivity contribution in [3.05, 3.63) is 101 Å². The Morgan fingerprint density at radius 1 is 0.814 bits per heavy atom. The second-order valence-electron chi connectivity index (χ2n) is 10.6. The van der Waals surface area contributed by atoms with E-state index in [0.717, 1.165) is 12.8 Å². The average molecular weight is 612 g/mol. The van der Waals surface area contributed by atoms with E-state index in [9.17, 15) is 32.3 Å². The van der Waals surface area contributed by atoms with E-state index in [2.05, 4.69) is 5.32 Å². The van der Waals surface area contributed by atoms with Gasteiger partial charge in [-0.3, -0.25) is 19.2 Å². The van der Waals surface area contributed by atoms with Crippen molar-refractivity contribution in [1.82, 2.24) is 5.32 Å². The molecule has 3 aromatic carbocycles. The summed E-state index contributed by atoms with van der Waals surface area (Å²) in [4.78, 5) is 50.2. The van der Waals surface area contributed by atoms with Crippen molar-refractivity contribution in [3.8, 4) is 0 Å². The van der Waals surface area contributed by atoms with E-state index >= 15 is 0 Å². The number of carboxylic acids is 1. The van der Waals surface area contributed by atoms with Gasteiger partial charge in [-0.25, -0.2) is 0 Å². The molecule has 1 aliphatic rings. The van der Waals surface area contributed by atoms with Gasteiger partial charge in [-0.1, -0.05) is 67.8 Å². The van der Waals surface area contributed by atoms with Crippen molar-refractivity contribution in [2.75, 3.05) is 6.54 Å². The molecule has 0 radical (unpaired) electrons. The Morgan fingerprint density at radius 3 is 1.98 bits per heavy atom. The number of rotatable bonds is 12. The maximum absolute atomic E-state index is 13.8. The normalized spacial score (nSPS) is 14.6. The summed E-state index contributed by atoms with van der Waals surface area (Å²) in [5.41, 5.74) is -1.88. The van der Waals surface area contributed by atoms with Gasteiger partial charge in [-0.05, 0) is 65.9 Å². The predicted molar refractivity (Wildman–Crippen MR) is 158 cm³/mol. The van der Waals surface area contributed by atoms with Gasteiger partial charge in [0.25, 0.3) is 5.91 Å². The van der Waals surface area contributed by atoms with Gasteiger partial charge in [0, 0.05) is 34.6 Å². The van der Waals surface area contributed by atoms with E-state index in [0.29, 0.717) is 17.0 Å². The third-order valence-electron chi connectivity index (χ3n) is 7.59. The van der Waals surface area contributed by atoms with E-state index in [-0.39, 0.29) is 53.0 Å². The molecular formula is C33H32F3NO5S. The smallest absolute Gasteiger partial charge is 0.446 e. The highest BCUT2D eigenvalue weighted by Crippen LogP contribution is 2.37. The number of carbonyl (C=O) groups is 4. The standard InChI is InChI=1S/C33H32F3NO5S/c34-33(35,36)43-27-16-14-24(15-17-27)29(38)20-28(23-8-12-26(13-9-23)32(42)37-19-18-30(39)40)31(41)25-10-6-22(7-11-25)21-4-2-1-3-5-21/h6-17,21,28H,1-5,18-20H2,(H,37,42)(H,39,40). The minimum atomic E-state index is -4.45. The number of aliphatic carboxylic acids is 1. The highest BCUT2D eigenvalue weighted by Gasteiger charge is 2.30. The molecule has 10 heteroatoms. The molecule has 0 aromatic heterocycles. The first-order valence-corrected chi connectivity index (χ1v) is 14.9. The Bertz CT molecular complexity index is 1430. The van der Waals surface area contributed by atoms with E-state index in [1.54, 1.807) is 24.3 Å². The maximum Gasteiger partial charge on any atom is 0.446 e. The van der Waals surface area contributed by atoms with Crippen LogP contribution < -0.4 is 5.32 Å². The quantitative estimate of drug-likeness (QED) is 0.160. The van der Waals surface area contributed by atoms with Gasteiger partial charge in [0.2, 0.25) is 0 Å². The SMILES string of the molecule is O=C(O)CCNC(=O)c1ccc(C(CC(=O)c2ccc(SC(F)(F)F)cc2)C(=O)c2ccc(C3CCCCC3)cc2)cc1. The summed E-state index contributed by atoms with van der Waals surface area (Å²) >= 11 is -0.272. The topological polar surface area (TPSA) is 101 Å². The Balaban J connectivity index is 1.56. The molecular weight excluding hydrogens is 579 g/mol. The highest BCUT2D eigenvalue weighted by molar-refractivity contribution is 8.00.